The van der Waals surface area contributed by atoms with Crippen LogP contribution in [0.3, 0.4) is 0 Å². The zero-order chi connectivity index (χ0) is 13.9. The number of halogens is 5. The normalized spacial score (nSPS) is 43.5. The SMILES string of the molecule is CC1C2CC(C1C)C(C(O)(C(F)F)C(F)(F)F)C2. The van der Waals surface area contributed by atoms with Crippen molar-refractivity contribution < 1.29 is 27.1 Å². The van der Waals surface area contributed by atoms with Gasteiger partial charge in [0, 0.05) is 5.92 Å². The molecular formula is C12H17F5O. The van der Waals surface area contributed by atoms with Crippen molar-refractivity contribution in [3.63, 3.8) is 0 Å². The van der Waals surface area contributed by atoms with Gasteiger partial charge in [-0.15, -0.1) is 0 Å². The van der Waals surface area contributed by atoms with Gasteiger partial charge in [0.2, 0.25) is 5.60 Å². The maximum absolute atomic E-state index is 12.8. The Morgan fingerprint density at radius 1 is 1.06 bits per heavy atom. The lowest BCUT2D eigenvalue weighted by molar-refractivity contribution is -0.324. The Morgan fingerprint density at radius 2 is 1.61 bits per heavy atom. The molecule has 2 fully saturated rings. The predicted octanol–water partition coefficient (Wildman–Crippen LogP) is 3.47. The highest BCUT2D eigenvalue weighted by molar-refractivity contribution is 5.08. The van der Waals surface area contributed by atoms with Gasteiger partial charge in [-0.3, -0.25) is 0 Å². The lowest BCUT2D eigenvalue weighted by atomic mass is 9.68. The molecule has 6 heteroatoms. The van der Waals surface area contributed by atoms with E-state index in [4.69, 9.17) is 0 Å². The molecule has 0 aromatic carbocycles. The first-order chi connectivity index (χ1) is 8.10. The van der Waals surface area contributed by atoms with E-state index in [1.54, 1.807) is 6.92 Å². The lowest BCUT2D eigenvalue weighted by Gasteiger charge is -2.42. The molecule has 0 amide bonds. The highest BCUT2D eigenvalue weighted by Crippen LogP contribution is 2.61. The van der Waals surface area contributed by atoms with Crippen LogP contribution < -0.4 is 0 Å². The van der Waals surface area contributed by atoms with E-state index in [-0.39, 0.29) is 24.2 Å². The van der Waals surface area contributed by atoms with Crippen molar-refractivity contribution in [1.82, 2.24) is 0 Å². The average Bonchev–Trinajstić information content (AvgIpc) is 2.77. The van der Waals surface area contributed by atoms with Crippen molar-refractivity contribution >= 4 is 0 Å². The molecule has 18 heavy (non-hydrogen) atoms. The molecule has 0 aromatic heterocycles. The highest BCUT2D eigenvalue weighted by Gasteiger charge is 2.69. The third-order valence-electron chi connectivity index (χ3n) is 5.25. The van der Waals surface area contributed by atoms with Crippen LogP contribution in [-0.2, 0) is 0 Å². The smallest absolute Gasteiger partial charge is 0.376 e. The number of alkyl halides is 5. The molecule has 2 saturated carbocycles. The van der Waals surface area contributed by atoms with Gasteiger partial charge in [0.15, 0.2) is 0 Å². The zero-order valence-electron chi connectivity index (χ0n) is 10.2. The first-order valence-electron chi connectivity index (χ1n) is 6.18. The topological polar surface area (TPSA) is 20.2 Å². The summed E-state index contributed by atoms with van der Waals surface area (Å²) in [6, 6.07) is 0. The predicted molar refractivity (Wildman–Crippen MR) is 55.0 cm³/mol. The van der Waals surface area contributed by atoms with Crippen molar-refractivity contribution in [3.8, 4) is 0 Å². The van der Waals surface area contributed by atoms with Crippen LogP contribution in [0, 0.1) is 29.6 Å². The van der Waals surface area contributed by atoms with E-state index in [1.807, 2.05) is 6.92 Å². The summed E-state index contributed by atoms with van der Waals surface area (Å²) in [7, 11) is 0. The molecule has 6 unspecified atom stereocenters. The minimum absolute atomic E-state index is 0.0302. The summed E-state index contributed by atoms with van der Waals surface area (Å²) in [4.78, 5) is 0. The van der Waals surface area contributed by atoms with Crippen LogP contribution >= 0.6 is 0 Å². The Morgan fingerprint density at radius 3 is 1.94 bits per heavy atom. The standard InChI is InChI=1S/C12H17F5O/c1-5-6(2)8-3-7(5)4-9(8)11(18,10(13)14)12(15,16)17/h5-10,18H,3-4H2,1-2H3. The first-order valence-corrected chi connectivity index (χ1v) is 6.18. The van der Waals surface area contributed by atoms with Crippen LogP contribution in [0.15, 0.2) is 0 Å². The van der Waals surface area contributed by atoms with E-state index in [0.29, 0.717) is 6.42 Å². The molecule has 0 aromatic rings. The fraction of sp³-hybridized carbons (Fsp3) is 1.00. The molecule has 1 N–H and O–H groups in total. The summed E-state index contributed by atoms with van der Waals surface area (Å²) in [5.41, 5.74) is -3.85. The minimum atomic E-state index is -5.28. The van der Waals surface area contributed by atoms with Crippen LogP contribution in [0.25, 0.3) is 0 Å². The van der Waals surface area contributed by atoms with Gasteiger partial charge >= 0.3 is 6.18 Å². The second-order valence-corrected chi connectivity index (χ2v) is 5.84. The van der Waals surface area contributed by atoms with Crippen molar-refractivity contribution in [2.24, 2.45) is 29.6 Å². The number of aliphatic hydroxyl groups is 1. The van der Waals surface area contributed by atoms with Gasteiger partial charge < -0.3 is 5.11 Å². The molecule has 0 saturated heterocycles. The van der Waals surface area contributed by atoms with Gasteiger partial charge in [0.05, 0.1) is 0 Å². The van der Waals surface area contributed by atoms with Crippen molar-refractivity contribution in [1.29, 1.82) is 0 Å². The van der Waals surface area contributed by atoms with E-state index >= 15 is 0 Å². The van der Waals surface area contributed by atoms with E-state index < -0.39 is 30.0 Å². The quantitative estimate of drug-likeness (QED) is 0.763. The summed E-state index contributed by atoms with van der Waals surface area (Å²) < 4.78 is 64.1. The molecule has 0 radical (unpaired) electrons. The van der Waals surface area contributed by atoms with E-state index in [1.165, 1.54) is 0 Å². The molecule has 0 aliphatic heterocycles. The molecule has 0 spiro atoms. The van der Waals surface area contributed by atoms with E-state index in [2.05, 4.69) is 0 Å². The summed E-state index contributed by atoms with van der Waals surface area (Å²) in [6.07, 6.45) is -8.49. The van der Waals surface area contributed by atoms with Gasteiger partial charge in [-0.25, -0.2) is 8.78 Å². The van der Waals surface area contributed by atoms with Crippen LogP contribution in [0.1, 0.15) is 26.7 Å². The third-order valence-corrected chi connectivity index (χ3v) is 5.25. The number of rotatable bonds is 2. The van der Waals surface area contributed by atoms with Crippen molar-refractivity contribution in [2.45, 2.75) is 44.9 Å². The number of hydrogen-bond acceptors (Lipinski definition) is 1. The highest BCUT2D eigenvalue weighted by atomic mass is 19.4. The molecular weight excluding hydrogens is 255 g/mol. The molecule has 1 nitrogen and oxygen atoms in total. The first kappa shape index (κ1) is 14.0. The second kappa shape index (κ2) is 4.05. The lowest BCUT2D eigenvalue weighted by Crippen LogP contribution is -2.59. The second-order valence-electron chi connectivity index (χ2n) is 5.84. The Hall–Kier alpha value is -0.390. The van der Waals surface area contributed by atoms with E-state index in [9.17, 15) is 27.1 Å². The third kappa shape index (κ3) is 1.67. The maximum atomic E-state index is 12.8. The summed E-state index contributed by atoms with van der Waals surface area (Å²) >= 11 is 0. The van der Waals surface area contributed by atoms with Crippen LogP contribution in [0.5, 0.6) is 0 Å². The fourth-order valence-corrected chi connectivity index (χ4v) is 3.94. The van der Waals surface area contributed by atoms with Crippen molar-refractivity contribution in [3.05, 3.63) is 0 Å². The number of fused-ring (bicyclic) bond motifs is 2. The molecule has 0 heterocycles. The maximum Gasteiger partial charge on any atom is 0.423 e. The minimum Gasteiger partial charge on any atom is -0.376 e. The molecule has 106 valence electrons. The largest absolute Gasteiger partial charge is 0.423 e. The Bertz CT molecular complexity index is 327. The van der Waals surface area contributed by atoms with E-state index in [0.717, 1.165) is 0 Å². The Labute approximate surface area is 102 Å². The zero-order valence-corrected chi connectivity index (χ0v) is 10.2. The monoisotopic (exact) mass is 272 g/mol. The molecule has 2 aliphatic carbocycles. The Kier molecular flexibility index (Phi) is 3.16. The van der Waals surface area contributed by atoms with Crippen LogP contribution in [0.4, 0.5) is 22.0 Å². The van der Waals surface area contributed by atoms with Gasteiger partial charge in [-0.2, -0.15) is 13.2 Å². The summed E-state index contributed by atoms with van der Waals surface area (Å²) in [6.45, 7) is 3.74. The molecule has 2 aliphatic rings. The fourth-order valence-electron chi connectivity index (χ4n) is 3.94. The van der Waals surface area contributed by atoms with Crippen LogP contribution in [-0.4, -0.2) is 23.3 Å². The summed E-state index contributed by atoms with van der Waals surface area (Å²) in [5, 5.41) is 9.58. The van der Waals surface area contributed by atoms with Crippen molar-refractivity contribution in [2.75, 3.05) is 0 Å². The summed E-state index contributed by atoms with van der Waals surface area (Å²) in [5.74, 6) is -1.58. The number of hydrogen-bond donors (Lipinski definition) is 1. The van der Waals surface area contributed by atoms with Gasteiger partial charge in [0.1, 0.15) is 0 Å². The average molecular weight is 272 g/mol. The Balaban J connectivity index is 2.31. The molecule has 6 atom stereocenters. The molecule has 2 rings (SSSR count). The van der Waals surface area contributed by atoms with Gasteiger partial charge in [-0.05, 0) is 36.5 Å². The molecule has 2 bridgehead atoms. The van der Waals surface area contributed by atoms with Crippen LogP contribution in [0.2, 0.25) is 0 Å². The van der Waals surface area contributed by atoms with Gasteiger partial charge in [0.25, 0.3) is 6.43 Å². The van der Waals surface area contributed by atoms with Gasteiger partial charge in [-0.1, -0.05) is 13.8 Å².